The molecule has 7 nitrogen and oxygen atoms in total. The van der Waals surface area contributed by atoms with E-state index in [0.717, 1.165) is 10.4 Å². The minimum absolute atomic E-state index is 0.0799. The van der Waals surface area contributed by atoms with E-state index < -0.39 is 58.1 Å². The number of amides is 2. The number of benzene rings is 2. The van der Waals surface area contributed by atoms with E-state index in [0.29, 0.717) is 11.1 Å². The summed E-state index contributed by atoms with van der Waals surface area (Å²) in [6, 6.07) is 6.75. The van der Waals surface area contributed by atoms with E-state index in [9.17, 15) is 31.2 Å². The average molecular weight is 450 g/mol. The first-order chi connectivity index (χ1) is 13.5. The molecule has 0 heterocycles. The normalized spacial score (nSPS) is 11.4. The molecule has 0 atom stereocenters. The summed E-state index contributed by atoms with van der Waals surface area (Å²) in [6.07, 6.45) is 0. The van der Waals surface area contributed by atoms with Crippen molar-refractivity contribution in [3.8, 4) is 0 Å². The van der Waals surface area contributed by atoms with Gasteiger partial charge in [-0.05, 0) is 36.4 Å². The number of nitrogens with zero attached hydrogens (tertiary/aromatic N) is 1. The van der Waals surface area contributed by atoms with E-state index >= 15 is 0 Å². The standard InChI is InChI=1S/C17H15ClF3N3O4S/c1-24(29(27,28)11-4-2-10(18)3-5-11)9-15(26)22-8-14(25)23-13-7-6-12(19)16(20)17(13)21/h2-7H,8-9H2,1H3,(H,22,26)(H,23,25). The van der Waals surface area contributed by atoms with Crippen LogP contribution in [0.5, 0.6) is 0 Å². The molecule has 0 aliphatic rings. The van der Waals surface area contributed by atoms with Gasteiger partial charge in [-0.3, -0.25) is 9.59 Å². The largest absolute Gasteiger partial charge is 0.346 e. The Morgan fingerprint density at radius 2 is 1.62 bits per heavy atom. The second-order valence-electron chi connectivity index (χ2n) is 5.76. The number of likely N-dealkylation sites (N-methyl/N-ethyl adjacent to an activating group) is 1. The van der Waals surface area contributed by atoms with Crippen LogP contribution >= 0.6 is 11.6 Å². The Kier molecular flexibility index (Phi) is 7.22. The van der Waals surface area contributed by atoms with Crippen molar-refractivity contribution in [2.24, 2.45) is 0 Å². The van der Waals surface area contributed by atoms with Crippen molar-refractivity contribution in [3.63, 3.8) is 0 Å². The molecule has 0 saturated heterocycles. The first kappa shape index (κ1) is 22.7. The van der Waals surface area contributed by atoms with Crippen molar-refractivity contribution in [2.75, 3.05) is 25.5 Å². The lowest BCUT2D eigenvalue weighted by atomic mass is 10.2. The van der Waals surface area contributed by atoms with Crippen LogP contribution in [0.15, 0.2) is 41.3 Å². The van der Waals surface area contributed by atoms with E-state index in [-0.39, 0.29) is 4.90 Å². The summed E-state index contributed by atoms with van der Waals surface area (Å²) in [6.45, 7) is -1.25. The highest BCUT2D eigenvalue weighted by Crippen LogP contribution is 2.19. The Labute approximate surface area is 169 Å². The van der Waals surface area contributed by atoms with Crippen LogP contribution < -0.4 is 10.6 Å². The van der Waals surface area contributed by atoms with Gasteiger partial charge in [0.25, 0.3) is 0 Å². The molecule has 12 heteroatoms. The van der Waals surface area contributed by atoms with Crippen molar-refractivity contribution in [1.29, 1.82) is 0 Å². The Balaban J connectivity index is 1.91. The maximum Gasteiger partial charge on any atom is 0.243 e. The maximum absolute atomic E-state index is 13.5. The summed E-state index contributed by atoms with van der Waals surface area (Å²) in [5, 5.41) is 4.45. The quantitative estimate of drug-likeness (QED) is 0.633. The van der Waals surface area contributed by atoms with Gasteiger partial charge >= 0.3 is 0 Å². The second kappa shape index (κ2) is 9.25. The number of rotatable bonds is 7. The zero-order valence-electron chi connectivity index (χ0n) is 14.9. The van der Waals surface area contributed by atoms with Gasteiger partial charge in [-0.2, -0.15) is 4.31 Å². The van der Waals surface area contributed by atoms with Crippen LogP contribution in [-0.2, 0) is 19.6 Å². The minimum Gasteiger partial charge on any atom is -0.346 e. The molecular formula is C17H15ClF3N3O4S. The predicted molar refractivity (Wildman–Crippen MR) is 99.2 cm³/mol. The molecule has 0 unspecified atom stereocenters. The molecule has 2 aromatic rings. The van der Waals surface area contributed by atoms with Crippen molar-refractivity contribution >= 4 is 39.1 Å². The Morgan fingerprint density at radius 3 is 2.24 bits per heavy atom. The first-order valence-electron chi connectivity index (χ1n) is 7.94. The molecule has 29 heavy (non-hydrogen) atoms. The zero-order chi connectivity index (χ0) is 21.8. The first-order valence-corrected chi connectivity index (χ1v) is 9.76. The van der Waals surface area contributed by atoms with E-state index in [4.69, 9.17) is 11.6 Å². The SMILES string of the molecule is CN(CC(=O)NCC(=O)Nc1ccc(F)c(F)c1F)S(=O)(=O)c1ccc(Cl)cc1. The third-order valence-electron chi connectivity index (χ3n) is 3.64. The third kappa shape index (κ3) is 5.68. The third-order valence-corrected chi connectivity index (χ3v) is 5.71. The number of nitrogens with one attached hydrogen (secondary N) is 2. The number of sulfonamides is 1. The molecule has 0 radical (unpaired) electrons. The number of carbonyl (C=O) groups is 2. The lowest BCUT2D eigenvalue weighted by Crippen LogP contribution is -2.41. The van der Waals surface area contributed by atoms with Crippen LogP contribution in [0.3, 0.4) is 0 Å². The molecule has 2 amide bonds. The van der Waals surface area contributed by atoms with Gasteiger partial charge in [0.15, 0.2) is 17.5 Å². The number of hydrogen-bond donors (Lipinski definition) is 2. The molecule has 0 bridgehead atoms. The summed E-state index contributed by atoms with van der Waals surface area (Å²) >= 11 is 5.71. The van der Waals surface area contributed by atoms with Crippen LogP contribution in [0.25, 0.3) is 0 Å². The van der Waals surface area contributed by atoms with E-state index in [1.807, 2.05) is 5.32 Å². The highest BCUT2D eigenvalue weighted by Gasteiger charge is 2.23. The highest BCUT2D eigenvalue weighted by molar-refractivity contribution is 7.89. The lowest BCUT2D eigenvalue weighted by molar-refractivity contribution is -0.124. The van der Waals surface area contributed by atoms with Crippen molar-refractivity contribution in [3.05, 3.63) is 58.9 Å². The molecule has 2 N–H and O–H groups in total. The number of halogens is 4. The molecule has 0 aromatic heterocycles. The second-order valence-corrected chi connectivity index (χ2v) is 8.24. The topological polar surface area (TPSA) is 95.6 Å². The van der Waals surface area contributed by atoms with E-state index in [1.54, 1.807) is 0 Å². The summed E-state index contributed by atoms with van der Waals surface area (Å²) in [5.41, 5.74) is -0.606. The van der Waals surface area contributed by atoms with Crippen LogP contribution in [0.2, 0.25) is 5.02 Å². The molecule has 0 fully saturated rings. The average Bonchev–Trinajstić information content (AvgIpc) is 2.67. The fourth-order valence-electron chi connectivity index (χ4n) is 2.13. The van der Waals surface area contributed by atoms with Crippen LogP contribution in [0.1, 0.15) is 0 Å². The Hall–Kier alpha value is -2.63. The van der Waals surface area contributed by atoms with Gasteiger partial charge < -0.3 is 10.6 Å². The van der Waals surface area contributed by atoms with Crippen LogP contribution in [-0.4, -0.2) is 44.7 Å². The zero-order valence-corrected chi connectivity index (χ0v) is 16.5. The maximum atomic E-state index is 13.5. The summed E-state index contributed by atoms with van der Waals surface area (Å²) < 4.78 is 65.0. The van der Waals surface area contributed by atoms with Crippen molar-refractivity contribution < 1.29 is 31.2 Å². The molecule has 2 rings (SSSR count). The molecule has 0 spiro atoms. The predicted octanol–water partition coefficient (Wildman–Crippen LogP) is 2.13. The van der Waals surface area contributed by atoms with Crippen LogP contribution in [0, 0.1) is 17.5 Å². The van der Waals surface area contributed by atoms with Gasteiger partial charge in [-0.1, -0.05) is 11.6 Å². The fourth-order valence-corrected chi connectivity index (χ4v) is 3.38. The number of anilines is 1. The molecule has 156 valence electrons. The smallest absolute Gasteiger partial charge is 0.243 e. The monoisotopic (exact) mass is 449 g/mol. The number of hydrogen-bond acceptors (Lipinski definition) is 4. The van der Waals surface area contributed by atoms with Gasteiger partial charge in [0.2, 0.25) is 21.8 Å². The Morgan fingerprint density at radius 1 is 1.00 bits per heavy atom. The summed E-state index contributed by atoms with van der Waals surface area (Å²) in [7, 11) is -2.80. The van der Waals surface area contributed by atoms with Crippen molar-refractivity contribution in [2.45, 2.75) is 4.90 Å². The fraction of sp³-hybridized carbons (Fsp3) is 0.176. The summed E-state index contributed by atoms with van der Waals surface area (Å²) in [4.78, 5) is 23.6. The molecular weight excluding hydrogens is 435 g/mol. The van der Waals surface area contributed by atoms with Crippen molar-refractivity contribution in [1.82, 2.24) is 9.62 Å². The van der Waals surface area contributed by atoms with E-state index in [1.165, 1.54) is 31.3 Å². The highest BCUT2D eigenvalue weighted by atomic mass is 35.5. The van der Waals surface area contributed by atoms with Gasteiger partial charge in [0.1, 0.15) is 0 Å². The lowest BCUT2D eigenvalue weighted by Gasteiger charge is -2.17. The summed E-state index contributed by atoms with van der Waals surface area (Å²) in [5.74, 6) is -6.49. The Bertz CT molecular complexity index is 1030. The van der Waals surface area contributed by atoms with Gasteiger partial charge in [-0.15, -0.1) is 0 Å². The van der Waals surface area contributed by atoms with Gasteiger partial charge in [0.05, 0.1) is 23.7 Å². The molecule has 2 aromatic carbocycles. The molecule has 0 aliphatic heterocycles. The van der Waals surface area contributed by atoms with Gasteiger partial charge in [-0.25, -0.2) is 21.6 Å². The van der Waals surface area contributed by atoms with Crippen LogP contribution in [0.4, 0.5) is 18.9 Å². The molecule has 0 saturated carbocycles. The van der Waals surface area contributed by atoms with E-state index in [2.05, 4.69) is 5.32 Å². The molecule has 0 aliphatic carbocycles. The number of carbonyl (C=O) groups excluding carboxylic acids is 2. The minimum atomic E-state index is -3.97. The van der Waals surface area contributed by atoms with Gasteiger partial charge in [0, 0.05) is 12.1 Å².